The number of allylic oxidation sites excluding steroid dienone is 4. The highest BCUT2D eigenvalue weighted by Gasteiger charge is 2.55. The summed E-state index contributed by atoms with van der Waals surface area (Å²) in [5, 5.41) is 0. The van der Waals surface area contributed by atoms with Crippen LogP contribution in [0, 0.1) is 34.5 Å². The first kappa shape index (κ1) is 17.3. The number of hydrogen-bond donors (Lipinski definition) is 0. The van der Waals surface area contributed by atoms with Crippen molar-refractivity contribution in [1.29, 1.82) is 0 Å². The lowest BCUT2D eigenvalue weighted by atomic mass is 9.48. The molecule has 4 rings (SSSR count). The number of hydrogen-bond acceptors (Lipinski definition) is 0. The first-order valence-electron chi connectivity index (χ1n) is 9.85. The van der Waals surface area contributed by atoms with Gasteiger partial charge in [0.15, 0.2) is 0 Å². The molecule has 0 spiro atoms. The van der Waals surface area contributed by atoms with E-state index in [1.807, 2.05) is 5.57 Å². The summed E-state index contributed by atoms with van der Waals surface area (Å²) in [6.45, 7) is 9.95. The third-order valence-electron chi connectivity index (χ3n) is 8.49. The van der Waals surface area contributed by atoms with Crippen molar-refractivity contribution in [2.75, 3.05) is 0 Å². The maximum absolute atomic E-state index is 2.73. The van der Waals surface area contributed by atoms with E-state index in [0.29, 0.717) is 10.8 Å². The van der Waals surface area contributed by atoms with Gasteiger partial charge in [-0.1, -0.05) is 51.5 Å². The van der Waals surface area contributed by atoms with E-state index in [1.54, 1.807) is 5.57 Å². The lowest BCUT2D eigenvalue weighted by Crippen LogP contribution is -2.46. The molecule has 0 heterocycles. The Morgan fingerprint density at radius 1 is 1.09 bits per heavy atom. The Kier molecular flexibility index (Phi) is 4.35. The minimum Gasteiger partial charge on any atom is -0.0879 e. The molecule has 4 aliphatic carbocycles. The van der Waals surface area contributed by atoms with Crippen LogP contribution in [0.15, 0.2) is 23.3 Å². The highest BCUT2D eigenvalue weighted by Crippen LogP contribution is 2.65. The van der Waals surface area contributed by atoms with Gasteiger partial charge in [-0.25, -0.2) is 0 Å². The van der Waals surface area contributed by atoms with E-state index in [4.69, 9.17) is 0 Å². The van der Waals surface area contributed by atoms with E-state index in [9.17, 15) is 0 Å². The van der Waals surface area contributed by atoms with Crippen LogP contribution in [-0.4, -0.2) is 0 Å². The highest BCUT2D eigenvalue weighted by molar-refractivity contribution is 5.34. The average molecular weight is 315 g/mol. The fourth-order valence-corrected chi connectivity index (χ4v) is 7.07. The van der Waals surface area contributed by atoms with Gasteiger partial charge in [0.25, 0.3) is 0 Å². The zero-order valence-corrected chi connectivity index (χ0v) is 15.1. The third-order valence-corrected chi connectivity index (χ3v) is 8.49. The summed E-state index contributed by atoms with van der Waals surface area (Å²) >= 11 is 0. The lowest BCUT2D eigenvalue weighted by Gasteiger charge is -2.56. The maximum Gasteiger partial charge on any atom is -0.00479 e. The van der Waals surface area contributed by atoms with Gasteiger partial charge < -0.3 is 0 Å². The second-order valence-electron chi connectivity index (χ2n) is 9.42. The minimum absolute atomic E-state index is 0. The van der Waals surface area contributed by atoms with Crippen LogP contribution in [-0.2, 0) is 0 Å². The molecule has 4 aliphatic rings. The van der Waals surface area contributed by atoms with E-state index < -0.39 is 0 Å². The molecule has 6 atom stereocenters. The molecule has 0 aliphatic heterocycles. The van der Waals surface area contributed by atoms with Crippen LogP contribution in [0.5, 0.6) is 0 Å². The zero-order chi connectivity index (χ0) is 15.5. The van der Waals surface area contributed by atoms with Gasteiger partial charge in [-0.05, 0) is 92.8 Å². The normalized spacial score (nSPS) is 50.4. The fourth-order valence-electron chi connectivity index (χ4n) is 7.07. The molecule has 0 radical (unpaired) electrons. The van der Waals surface area contributed by atoms with Crippen molar-refractivity contribution in [2.24, 2.45) is 34.5 Å². The predicted molar refractivity (Wildman–Crippen MR) is 101 cm³/mol. The quantitative estimate of drug-likeness (QED) is 0.416. The smallest absolute Gasteiger partial charge is 0.00479 e. The van der Waals surface area contributed by atoms with E-state index in [-0.39, 0.29) is 7.43 Å². The van der Waals surface area contributed by atoms with Gasteiger partial charge in [-0.15, -0.1) is 0 Å². The second-order valence-corrected chi connectivity index (χ2v) is 9.42. The van der Waals surface area contributed by atoms with Gasteiger partial charge in [-0.3, -0.25) is 0 Å². The van der Waals surface area contributed by atoms with Gasteiger partial charge in [0.2, 0.25) is 0 Å². The lowest BCUT2D eigenvalue weighted by molar-refractivity contribution is 0.0352. The van der Waals surface area contributed by atoms with Crippen molar-refractivity contribution in [3.63, 3.8) is 0 Å². The van der Waals surface area contributed by atoms with Crippen molar-refractivity contribution in [3.05, 3.63) is 23.3 Å². The zero-order valence-electron chi connectivity index (χ0n) is 15.1. The van der Waals surface area contributed by atoms with Gasteiger partial charge in [0.1, 0.15) is 0 Å². The Hall–Kier alpha value is -0.520. The Labute approximate surface area is 144 Å². The monoisotopic (exact) mass is 314 g/mol. The first-order chi connectivity index (χ1) is 10.5. The van der Waals surface area contributed by atoms with E-state index >= 15 is 0 Å². The molecule has 0 amide bonds. The molecule has 0 heteroatoms. The van der Waals surface area contributed by atoms with Gasteiger partial charge in [0.05, 0.1) is 0 Å². The summed E-state index contributed by atoms with van der Waals surface area (Å²) in [5.41, 5.74) is 4.72. The highest BCUT2D eigenvalue weighted by atomic mass is 14.6. The molecule has 0 saturated heterocycles. The molecule has 3 saturated carbocycles. The number of fused-ring (bicyclic) bond motifs is 5. The van der Waals surface area contributed by atoms with Crippen LogP contribution in [0.4, 0.5) is 0 Å². The molecule has 0 aromatic rings. The van der Waals surface area contributed by atoms with Crippen molar-refractivity contribution in [1.82, 2.24) is 0 Å². The summed E-state index contributed by atoms with van der Waals surface area (Å²) in [4.78, 5) is 0. The van der Waals surface area contributed by atoms with Crippen LogP contribution in [0.1, 0.15) is 86.5 Å². The molecule has 3 fully saturated rings. The molecule has 130 valence electrons. The standard InChI is InChI=1S/C22H34.CH4/c1-5-16-7-9-19-18-8-6-17-14-15(2)10-12-22(17,4)20(18)11-13-21(16,19)3;/h5,11,15,17-19H,6-10,12-14H2,1-4H3;1H4/b16-5-;/t15-,17-,18+,19+,21-,22+;/m1./s1. The van der Waals surface area contributed by atoms with Crippen molar-refractivity contribution in [3.8, 4) is 0 Å². The predicted octanol–water partition coefficient (Wildman–Crippen LogP) is 7.17. The molecular formula is C23H38. The molecule has 23 heavy (non-hydrogen) atoms. The fraction of sp³-hybridized carbons (Fsp3) is 0.826. The van der Waals surface area contributed by atoms with Crippen molar-refractivity contribution >= 4 is 0 Å². The average Bonchev–Trinajstić information content (AvgIpc) is 2.84. The Balaban J connectivity index is 0.00000156. The van der Waals surface area contributed by atoms with Crippen LogP contribution >= 0.6 is 0 Å². The van der Waals surface area contributed by atoms with Gasteiger partial charge in [-0.2, -0.15) is 0 Å². The Morgan fingerprint density at radius 3 is 2.61 bits per heavy atom. The molecule has 0 unspecified atom stereocenters. The third kappa shape index (κ3) is 2.30. The van der Waals surface area contributed by atoms with Crippen molar-refractivity contribution < 1.29 is 0 Å². The topological polar surface area (TPSA) is 0 Å². The molecule has 0 bridgehead atoms. The van der Waals surface area contributed by atoms with Crippen LogP contribution < -0.4 is 0 Å². The van der Waals surface area contributed by atoms with Gasteiger partial charge in [0, 0.05) is 0 Å². The summed E-state index contributed by atoms with van der Waals surface area (Å²) in [6.07, 6.45) is 16.7. The Bertz CT molecular complexity index is 524. The molecule has 0 aromatic carbocycles. The summed E-state index contributed by atoms with van der Waals surface area (Å²) in [6, 6.07) is 0. The van der Waals surface area contributed by atoms with Crippen LogP contribution in [0.2, 0.25) is 0 Å². The van der Waals surface area contributed by atoms with E-state index in [2.05, 4.69) is 39.8 Å². The maximum atomic E-state index is 2.73. The Morgan fingerprint density at radius 2 is 1.87 bits per heavy atom. The largest absolute Gasteiger partial charge is 0.0879 e. The summed E-state index contributed by atoms with van der Waals surface area (Å²) in [7, 11) is 0. The molecule has 0 N–H and O–H groups in total. The van der Waals surface area contributed by atoms with Gasteiger partial charge >= 0.3 is 0 Å². The first-order valence-corrected chi connectivity index (χ1v) is 9.85. The van der Waals surface area contributed by atoms with E-state index in [0.717, 1.165) is 23.7 Å². The van der Waals surface area contributed by atoms with Crippen LogP contribution in [0.3, 0.4) is 0 Å². The van der Waals surface area contributed by atoms with Crippen LogP contribution in [0.25, 0.3) is 0 Å². The molecule has 0 aromatic heterocycles. The molecule has 0 nitrogen and oxygen atoms in total. The SMILES string of the molecule is C.C/C=C1/CC[C@H]2[C@@H]3CC[C@@H]4C[C@H](C)CC[C@]4(C)C3=CC[C@]12C. The van der Waals surface area contributed by atoms with Crippen molar-refractivity contribution in [2.45, 2.75) is 86.5 Å². The van der Waals surface area contributed by atoms with E-state index in [1.165, 1.54) is 51.4 Å². The second kappa shape index (κ2) is 5.78. The minimum atomic E-state index is 0. The molecular weight excluding hydrogens is 276 g/mol. The summed E-state index contributed by atoms with van der Waals surface area (Å²) < 4.78 is 0. The summed E-state index contributed by atoms with van der Waals surface area (Å²) in [5.74, 6) is 3.79. The number of rotatable bonds is 0.